The number of hydrogen-bond donors (Lipinski definition) is 0. The van der Waals surface area contributed by atoms with Crippen LogP contribution in [0.15, 0.2) is 30.3 Å². The van der Waals surface area contributed by atoms with Gasteiger partial charge in [0.25, 0.3) is 0 Å². The van der Waals surface area contributed by atoms with Gasteiger partial charge in [0.15, 0.2) is 0 Å². The Bertz CT molecular complexity index is 312. The maximum atomic E-state index is 10.4. The van der Waals surface area contributed by atoms with Gasteiger partial charge in [-0.1, -0.05) is 36.4 Å². The van der Waals surface area contributed by atoms with E-state index in [1.807, 2.05) is 38.4 Å². The molecule has 0 aliphatic rings. The van der Waals surface area contributed by atoms with Gasteiger partial charge in [-0.3, -0.25) is 4.79 Å². The van der Waals surface area contributed by atoms with E-state index in [4.69, 9.17) is 0 Å². The minimum absolute atomic E-state index is 0.717. The number of carbonyl (C=O) groups excluding carboxylic acids is 1. The summed E-state index contributed by atoms with van der Waals surface area (Å²) >= 11 is 0. The van der Waals surface area contributed by atoms with Gasteiger partial charge < -0.3 is 4.90 Å². The van der Waals surface area contributed by atoms with Crippen LogP contribution in [-0.2, 0) is 0 Å². The van der Waals surface area contributed by atoms with Crippen LogP contribution in [0.2, 0.25) is 0 Å². The second-order valence-corrected chi connectivity index (χ2v) is 3.45. The molecular formula is C12H15NO. The molecule has 0 radical (unpaired) electrons. The monoisotopic (exact) mass is 189 g/mol. The first-order valence-electron chi connectivity index (χ1n) is 4.59. The van der Waals surface area contributed by atoms with E-state index >= 15 is 0 Å². The molecule has 0 atom stereocenters. The molecule has 14 heavy (non-hydrogen) atoms. The number of likely N-dealkylation sites (N-methyl/N-ethyl adjacent to an activating group) is 1. The fourth-order valence-corrected chi connectivity index (χ4v) is 1.09. The zero-order valence-corrected chi connectivity index (χ0v) is 8.60. The topological polar surface area (TPSA) is 20.3 Å². The molecule has 0 saturated heterocycles. The molecule has 0 aromatic heterocycles. The molecule has 0 unspecified atom stereocenters. The van der Waals surface area contributed by atoms with Crippen molar-refractivity contribution in [2.75, 3.05) is 20.6 Å². The van der Waals surface area contributed by atoms with Crippen molar-refractivity contribution in [2.24, 2.45) is 0 Å². The Morgan fingerprint density at radius 1 is 1.14 bits per heavy atom. The molecule has 2 nitrogen and oxygen atoms in total. The normalized spacial score (nSPS) is 11.1. The van der Waals surface area contributed by atoms with Crippen LogP contribution in [0, 0.1) is 0 Å². The van der Waals surface area contributed by atoms with Gasteiger partial charge in [0.1, 0.15) is 6.29 Å². The SMILES string of the molecule is CN(C)C/C=C/c1ccc(C=O)cc1. The summed E-state index contributed by atoms with van der Waals surface area (Å²) in [6, 6.07) is 7.52. The lowest BCUT2D eigenvalue weighted by atomic mass is 10.1. The number of benzene rings is 1. The fourth-order valence-electron chi connectivity index (χ4n) is 1.09. The van der Waals surface area contributed by atoms with E-state index in [9.17, 15) is 4.79 Å². The number of hydrogen-bond acceptors (Lipinski definition) is 2. The highest BCUT2D eigenvalue weighted by molar-refractivity contribution is 5.75. The molecule has 0 aliphatic carbocycles. The molecule has 0 amide bonds. The molecule has 1 rings (SSSR count). The van der Waals surface area contributed by atoms with Crippen molar-refractivity contribution in [1.29, 1.82) is 0 Å². The Labute approximate surface area is 84.9 Å². The van der Waals surface area contributed by atoms with Gasteiger partial charge in [-0.25, -0.2) is 0 Å². The van der Waals surface area contributed by atoms with Crippen molar-refractivity contribution in [3.05, 3.63) is 41.5 Å². The summed E-state index contributed by atoms with van der Waals surface area (Å²) in [7, 11) is 4.06. The standard InChI is InChI=1S/C12H15NO/c1-13(2)9-3-4-11-5-7-12(10-14)8-6-11/h3-8,10H,9H2,1-2H3/b4-3+. The Hall–Kier alpha value is -1.41. The van der Waals surface area contributed by atoms with E-state index in [0.717, 1.165) is 24.0 Å². The fraction of sp³-hybridized carbons (Fsp3) is 0.250. The highest BCUT2D eigenvalue weighted by Gasteiger charge is 1.89. The molecule has 0 heterocycles. The third-order valence-corrected chi connectivity index (χ3v) is 1.85. The van der Waals surface area contributed by atoms with Crippen LogP contribution < -0.4 is 0 Å². The summed E-state index contributed by atoms with van der Waals surface area (Å²) in [5.41, 5.74) is 1.84. The van der Waals surface area contributed by atoms with E-state index < -0.39 is 0 Å². The van der Waals surface area contributed by atoms with Crippen molar-refractivity contribution in [3.8, 4) is 0 Å². The summed E-state index contributed by atoms with van der Waals surface area (Å²) in [6.45, 7) is 0.926. The maximum absolute atomic E-state index is 10.4. The second kappa shape index (κ2) is 5.35. The Morgan fingerprint density at radius 2 is 1.71 bits per heavy atom. The van der Waals surface area contributed by atoms with Crippen molar-refractivity contribution < 1.29 is 4.79 Å². The Morgan fingerprint density at radius 3 is 2.21 bits per heavy atom. The number of carbonyl (C=O) groups is 1. The molecule has 2 heteroatoms. The molecule has 0 saturated carbocycles. The summed E-state index contributed by atoms with van der Waals surface area (Å²) in [6.07, 6.45) is 5.00. The van der Waals surface area contributed by atoms with Gasteiger partial charge >= 0.3 is 0 Å². The summed E-state index contributed by atoms with van der Waals surface area (Å²) in [5, 5.41) is 0. The smallest absolute Gasteiger partial charge is 0.150 e. The molecule has 1 aromatic carbocycles. The zero-order valence-electron chi connectivity index (χ0n) is 8.60. The van der Waals surface area contributed by atoms with Crippen molar-refractivity contribution >= 4 is 12.4 Å². The minimum atomic E-state index is 0.717. The van der Waals surface area contributed by atoms with Crippen LogP contribution in [0.5, 0.6) is 0 Å². The highest BCUT2D eigenvalue weighted by atomic mass is 16.1. The Balaban J connectivity index is 2.59. The zero-order chi connectivity index (χ0) is 10.4. The molecule has 0 N–H and O–H groups in total. The van der Waals surface area contributed by atoms with Gasteiger partial charge in [0.05, 0.1) is 0 Å². The number of aldehydes is 1. The molecule has 1 aromatic rings. The van der Waals surface area contributed by atoms with Crippen LogP contribution in [0.1, 0.15) is 15.9 Å². The Kier molecular flexibility index (Phi) is 4.08. The molecule has 0 spiro atoms. The first-order chi connectivity index (χ1) is 6.72. The van der Waals surface area contributed by atoms with Crippen molar-refractivity contribution in [3.63, 3.8) is 0 Å². The van der Waals surface area contributed by atoms with Crippen LogP contribution in [0.25, 0.3) is 6.08 Å². The summed E-state index contributed by atoms with van der Waals surface area (Å²) in [4.78, 5) is 12.5. The van der Waals surface area contributed by atoms with E-state index in [1.165, 1.54) is 0 Å². The van der Waals surface area contributed by atoms with Crippen LogP contribution in [-0.4, -0.2) is 31.8 Å². The van der Waals surface area contributed by atoms with Gasteiger partial charge in [0, 0.05) is 12.1 Å². The van der Waals surface area contributed by atoms with Gasteiger partial charge in [-0.05, 0) is 19.7 Å². The molecular weight excluding hydrogens is 174 g/mol. The van der Waals surface area contributed by atoms with Crippen molar-refractivity contribution in [1.82, 2.24) is 4.90 Å². The van der Waals surface area contributed by atoms with Gasteiger partial charge in [-0.15, -0.1) is 0 Å². The predicted molar refractivity (Wildman–Crippen MR) is 59.4 cm³/mol. The van der Waals surface area contributed by atoms with E-state index in [1.54, 1.807) is 0 Å². The lowest BCUT2D eigenvalue weighted by Crippen LogP contribution is -2.10. The summed E-state index contributed by atoms with van der Waals surface area (Å²) in [5.74, 6) is 0. The molecule has 0 bridgehead atoms. The maximum Gasteiger partial charge on any atom is 0.150 e. The predicted octanol–water partition coefficient (Wildman–Crippen LogP) is 2.07. The van der Waals surface area contributed by atoms with Gasteiger partial charge in [0.2, 0.25) is 0 Å². The van der Waals surface area contributed by atoms with E-state index in [0.29, 0.717) is 0 Å². The second-order valence-electron chi connectivity index (χ2n) is 3.45. The third kappa shape index (κ3) is 3.54. The summed E-state index contributed by atoms with van der Waals surface area (Å²) < 4.78 is 0. The van der Waals surface area contributed by atoms with E-state index in [2.05, 4.69) is 17.1 Å². The average Bonchev–Trinajstić information content (AvgIpc) is 2.18. The molecule has 74 valence electrons. The van der Waals surface area contributed by atoms with Crippen LogP contribution in [0.4, 0.5) is 0 Å². The lowest BCUT2D eigenvalue weighted by molar-refractivity contribution is 0.112. The number of rotatable bonds is 4. The van der Waals surface area contributed by atoms with Crippen LogP contribution >= 0.6 is 0 Å². The minimum Gasteiger partial charge on any atom is -0.306 e. The quantitative estimate of drug-likeness (QED) is 0.676. The van der Waals surface area contributed by atoms with Crippen molar-refractivity contribution in [2.45, 2.75) is 0 Å². The molecule has 0 aliphatic heterocycles. The number of nitrogens with zero attached hydrogens (tertiary/aromatic N) is 1. The first kappa shape index (κ1) is 10.7. The largest absolute Gasteiger partial charge is 0.306 e. The van der Waals surface area contributed by atoms with E-state index in [-0.39, 0.29) is 0 Å². The van der Waals surface area contributed by atoms with Crippen LogP contribution in [0.3, 0.4) is 0 Å². The first-order valence-corrected chi connectivity index (χ1v) is 4.59. The molecule has 0 fully saturated rings. The van der Waals surface area contributed by atoms with Gasteiger partial charge in [-0.2, -0.15) is 0 Å². The third-order valence-electron chi connectivity index (χ3n) is 1.85. The lowest BCUT2D eigenvalue weighted by Gasteiger charge is -2.03. The highest BCUT2D eigenvalue weighted by Crippen LogP contribution is 2.04. The average molecular weight is 189 g/mol.